The molecule has 1 fully saturated rings. The lowest BCUT2D eigenvalue weighted by Crippen LogP contribution is -2.16. The number of pyridine rings is 1. The van der Waals surface area contributed by atoms with E-state index in [0.717, 1.165) is 11.4 Å². The maximum atomic E-state index is 5.88. The number of nitrogens with one attached hydrogen (secondary N) is 1. The van der Waals surface area contributed by atoms with Crippen LogP contribution in [0.3, 0.4) is 0 Å². The Hall–Kier alpha value is -1.09. The first-order chi connectivity index (χ1) is 7.88. The Morgan fingerprint density at radius 2 is 2.12 bits per heavy atom. The second kappa shape index (κ2) is 5.85. The molecule has 2 rings (SSSR count). The Kier molecular flexibility index (Phi) is 4.17. The molecule has 1 aromatic rings. The largest absolute Gasteiger partial charge is 0.373 e. The van der Waals surface area contributed by atoms with E-state index in [0.29, 0.717) is 12.7 Å². The van der Waals surface area contributed by atoms with E-state index in [2.05, 4.69) is 16.4 Å². The van der Waals surface area contributed by atoms with Crippen LogP contribution in [0.15, 0.2) is 18.3 Å². The lowest BCUT2D eigenvalue weighted by atomic mass is 9.98. The molecule has 0 amide bonds. The molecule has 1 saturated carbocycles. The molecule has 0 bridgehead atoms. The predicted molar refractivity (Wildman–Crippen MR) is 65.4 cm³/mol. The number of aromatic nitrogens is 1. The van der Waals surface area contributed by atoms with Gasteiger partial charge in [0, 0.05) is 13.2 Å². The number of rotatable bonds is 4. The highest BCUT2D eigenvalue weighted by molar-refractivity contribution is 5.34. The highest BCUT2D eigenvalue weighted by Gasteiger charge is 2.13. The van der Waals surface area contributed by atoms with Gasteiger partial charge in [-0.15, -0.1) is 0 Å². The molecule has 1 heterocycles. The van der Waals surface area contributed by atoms with Crippen molar-refractivity contribution in [2.75, 3.05) is 12.4 Å². The molecule has 0 unspecified atom stereocenters. The molecule has 3 nitrogen and oxygen atoms in total. The Morgan fingerprint density at radius 3 is 2.75 bits per heavy atom. The lowest BCUT2D eigenvalue weighted by molar-refractivity contribution is 0.0167. The van der Waals surface area contributed by atoms with Gasteiger partial charge in [-0.25, -0.2) is 4.98 Å². The van der Waals surface area contributed by atoms with Gasteiger partial charge in [0.1, 0.15) is 5.82 Å². The quantitative estimate of drug-likeness (QED) is 0.847. The van der Waals surface area contributed by atoms with Crippen molar-refractivity contribution in [3.63, 3.8) is 0 Å². The summed E-state index contributed by atoms with van der Waals surface area (Å²) in [4.78, 5) is 4.27. The molecule has 1 aromatic heterocycles. The van der Waals surface area contributed by atoms with Gasteiger partial charge in [0.05, 0.1) is 12.7 Å². The van der Waals surface area contributed by atoms with Crippen LogP contribution in [-0.4, -0.2) is 18.1 Å². The summed E-state index contributed by atoms with van der Waals surface area (Å²) in [5.74, 6) is 0.904. The van der Waals surface area contributed by atoms with Crippen LogP contribution >= 0.6 is 0 Å². The lowest BCUT2D eigenvalue weighted by Gasteiger charge is -2.21. The molecule has 3 heteroatoms. The topological polar surface area (TPSA) is 34.1 Å². The summed E-state index contributed by atoms with van der Waals surface area (Å²) in [6.45, 7) is 0.696. The minimum absolute atomic E-state index is 0.470. The normalized spacial score (nSPS) is 17.3. The average Bonchev–Trinajstić information content (AvgIpc) is 2.38. The SMILES string of the molecule is CNc1ccc(COC2CCCCC2)cn1. The molecule has 1 aliphatic carbocycles. The van der Waals surface area contributed by atoms with Crippen molar-refractivity contribution in [3.8, 4) is 0 Å². The van der Waals surface area contributed by atoms with E-state index in [1.165, 1.54) is 32.1 Å². The van der Waals surface area contributed by atoms with E-state index in [-0.39, 0.29) is 0 Å². The summed E-state index contributed by atoms with van der Waals surface area (Å²) in [5.41, 5.74) is 1.16. The van der Waals surface area contributed by atoms with E-state index < -0.39 is 0 Å². The van der Waals surface area contributed by atoms with Crippen molar-refractivity contribution >= 4 is 5.82 Å². The fourth-order valence-corrected chi connectivity index (χ4v) is 2.10. The molecular weight excluding hydrogens is 200 g/mol. The summed E-state index contributed by atoms with van der Waals surface area (Å²) in [7, 11) is 1.88. The van der Waals surface area contributed by atoms with Crippen molar-refractivity contribution in [2.24, 2.45) is 0 Å². The fourth-order valence-electron chi connectivity index (χ4n) is 2.10. The monoisotopic (exact) mass is 220 g/mol. The summed E-state index contributed by atoms with van der Waals surface area (Å²) in [5, 5.41) is 3.01. The second-order valence-electron chi connectivity index (χ2n) is 4.37. The van der Waals surface area contributed by atoms with Crippen LogP contribution in [0, 0.1) is 0 Å². The molecule has 88 valence electrons. The van der Waals surface area contributed by atoms with E-state index >= 15 is 0 Å². The van der Waals surface area contributed by atoms with Gasteiger partial charge in [-0.05, 0) is 24.5 Å². The molecule has 0 spiro atoms. The molecule has 0 aliphatic heterocycles. The molecule has 0 saturated heterocycles. The third kappa shape index (κ3) is 3.20. The molecule has 0 atom stereocenters. The second-order valence-corrected chi connectivity index (χ2v) is 4.37. The van der Waals surface area contributed by atoms with E-state index in [4.69, 9.17) is 4.74 Å². The van der Waals surface area contributed by atoms with Crippen molar-refractivity contribution in [1.29, 1.82) is 0 Å². The maximum Gasteiger partial charge on any atom is 0.125 e. The van der Waals surface area contributed by atoms with E-state index in [1.807, 2.05) is 19.3 Å². The van der Waals surface area contributed by atoms with Crippen molar-refractivity contribution in [2.45, 2.75) is 44.8 Å². The fraction of sp³-hybridized carbons (Fsp3) is 0.615. The molecule has 0 aromatic carbocycles. The Balaban J connectivity index is 1.79. The Labute approximate surface area is 97.2 Å². The van der Waals surface area contributed by atoms with Crippen LogP contribution in [0.4, 0.5) is 5.82 Å². The van der Waals surface area contributed by atoms with E-state index in [1.54, 1.807) is 0 Å². The number of hydrogen-bond acceptors (Lipinski definition) is 3. The first kappa shape index (κ1) is 11.4. The average molecular weight is 220 g/mol. The number of hydrogen-bond donors (Lipinski definition) is 1. The first-order valence-corrected chi connectivity index (χ1v) is 6.13. The third-order valence-electron chi connectivity index (χ3n) is 3.12. The van der Waals surface area contributed by atoms with E-state index in [9.17, 15) is 0 Å². The molecule has 16 heavy (non-hydrogen) atoms. The minimum atomic E-state index is 0.470. The Bertz CT molecular complexity index is 304. The zero-order valence-corrected chi connectivity index (χ0v) is 9.91. The highest BCUT2D eigenvalue weighted by Crippen LogP contribution is 2.21. The van der Waals surface area contributed by atoms with Gasteiger partial charge >= 0.3 is 0 Å². The van der Waals surface area contributed by atoms with Crippen LogP contribution in [0.25, 0.3) is 0 Å². The molecular formula is C13H20N2O. The van der Waals surface area contributed by atoms with Gasteiger partial charge in [-0.1, -0.05) is 25.3 Å². The van der Waals surface area contributed by atoms with Crippen molar-refractivity contribution in [3.05, 3.63) is 23.9 Å². The molecule has 0 radical (unpaired) electrons. The number of ether oxygens (including phenoxy) is 1. The summed E-state index contributed by atoms with van der Waals surface area (Å²) in [6, 6.07) is 4.06. The molecule has 1 aliphatic rings. The Morgan fingerprint density at radius 1 is 1.31 bits per heavy atom. The van der Waals surface area contributed by atoms with Crippen LogP contribution in [0.5, 0.6) is 0 Å². The zero-order valence-electron chi connectivity index (χ0n) is 9.91. The van der Waals surface area contributed by atoms with Gasteiger partial charge in [0.25, 0.3) is 0 Å². The van der Waals surface area contributed by atoms with Crippen molar-refractivity contribution < 1.29 is 4.74 Å². The smallest absolute Gasteiger partial charge is 0.125 e. The maximum absolute atomic E-state index is 5.88. The van der Waals surface area contributed by atoms with Crippen LogP contribution in [0.1, 0.15) is 37.7 Å². The minimum Gasteiger partial charge on any atom is -0.373 e. The number of anilines is 1. The van der Waals surface area contributed by atoms with Gasteiger partial charge in [-0.2, -0.15) is 0 Å². The van der Waals surface area contributed by atoms with Crippen molar-refractivity contribution in [1.82, 2.24) is 4.98 Å². The van der Waals surface area contributed by atoms with Crippen LogP contribution < -0.4 is 5.32 Å². The number of nitrogens with zero attached hydrogens (tertiary/aromatic N) is 1. The predicted octanol–water partition coefficient (Wildman–Crippen LogP) is 2.97. The summed E-state index contributed by atoms with van der Waals surface area (Å²) >= 11 is 0. The van der Waals surface area contributed by atoms with Gasteiger partial charge in [0.2, 0.25) is 0 Å². The van der Waals surface area contributed by atoms with Crippen LogP contribution in [0.2, 0.25) is 0 Å². The van der Waals surface area contributed by atoms with Gasteiger partial charge in [-0.3, -0.25) is 0 Å². The molecule has 1 N–H and O–H groups in total. The first-order valence-electron chi connectivity index (χ1n) is 6.13. The summed E-state index contributed by atoms with van der Waals surface area (Å²) in [6.07, 6.45) is 8.82. The highest BCUT2D eigenvalue weighted by atomic mass is 16.5. The summed E-state index contributed by atoms with van der Waals surface area (Å²) < 4.78 is 5.88. The third-order valence-corrected chi connectivity index (χ3v) is 3.12. The zero-order chi connectivity index (χ0) is 11.2. The van der Waals surface area contributed by atoms with Gasteiger partial charge < -0.3 is 10.1 Å². The van der Waals surface area contributed by atoms with Gasteiger partial charge in [0.15, 0.2) is 0 Å². The standard InChI is InChI=1S/C13H20N2O/c1-14-13-8-7-11(9-15-13)10-16-12-5-3-2-4-6-12/h7-9,12H,2-6,10H2,1H3,(H,14,15). The van der Waals surface area contributed by atoms with Crippen LogP contribution in [-0.2, 0) is 11.3 Å².